The number of rotatable bonds is 0. The van der Waals surface area contributed by atoms with E-state index in [-0.39, 0.29) is 11.4 Å². The molecule has 1 radical (unpaired) electrons. The third-order valence-electron chi connectivity index (χ3n) is 1.64. The van der Waals surface area contributed by atoms with Crippen molar-refractivity contribution in [3.05, 3.63) is 23.2 Å². The molecule has 1 aliphatic heterocycles. The number of alkyl halides is 3. The van der Waals surface area contributed by atoms with E-state index in [1.165, 1.54) is 18.2 Å². The lowest BCUT2D eigenvalue weighted by Gasteiger charge is -2.03. The van der Waals surface area contributed by atoms with Crippen LogP contribution >= 0.6 is 11.6 Å². The summed E-state index contributed by atoms with van der Waals surface area (Å²) in [6.45, 7) is 0. The van der Waals surface area contributed by atoms with Crippen molar-refractivity contribution < 1.29 is 13.2 Å². The number of amidine groups is 1. The third-order valence-corrected chi connectivity index (χ3v) is 1.88. The lowest BCUT2D eigenvalue weighted by Crippen LogP contribution is -2.27. The van der Waals surface area contributed by atoms with Crippen LogP contribution in [0.5, 0.6) is 0 Å². The smallest absolute Gasteiger partial charge is 0.223 e. The van der Waals surface area contributed by atoms with Gasteiger partial charge in [-0.1, -0.05) is 11.6 Å². The first-order valence-corrected chi connectivity index (χ1v) is 4.02. The van der Waals surface area contributed by atoms with Crippen LogP contribution < -0.4 is 5.32 Å². The minimum Gasteiger partial charge on any atom is -0.223 e. The molecule has 0 bridgehead atoms. The third kappa shape index (κ3) is 1.55. The van der Waals surface area contributed by atoms with Crippen molar-refractivity contribution in [1.82, 2.24) is 5.32 Å². The van der Waals surface area contributed by atoms with Gasteiger partial charge in [0.25, 0.3) is 0 Å². The van der Waals surface area contributed by atoms with E-state index in [1.807, 2.05) is 0 Å². The Hall–Kier alpha value is -1.23. The second-order valence-corrected chi connectivity index (χ2v) is 3.11. The fourth-order valence-electron chi connectivity index (χ4n) is 1.06. The van der Waals surface area contributed by atoms with Crippen LogP contribution in [0.3, 0.4) is 0 Å². The van der Waals surface area contributed by atoms with E-state index in [9.17, 15) is 13.2 Å². The number of benzene rings is 1. The minimum absolute atomic E-state index is 0.157. The van der Waals surface area contributed by atoms with Crippen LogP contribution in [-0.2, 0) is 0 Å². The summed E-state index contributed by atoms with van der Waals surface area (Å²) in [7, 11) is 0. The van der Waals surface area contributed by atoms with Crippen LogP contribution in [0.1, 0.15) is 0 Å². The molecule has 0 unspecified atom stereocenters. The van der Waals surface area contributed by atoms with Crippen molar-refractivity contribution in [1.29, 1.82) is 0 Å². The van der Waals surface area contributed by atoms with E-state index in [0.717, 1.165) is 0 Å². The molecular formula is C8H3ClF3N2. The van der Waals surface area contributed by atoms with Gasteiger partial charge in [-0.05, 0) is 18.2 Å². The molecule has 2 rings (SSSR count). The summed E-state index contributed by atoms with van der Waals surface area (Å²) in [6.07, 6.45) is -4.51. The second kappa shape index (κ2) is 2.88. The Morgan fingerprint density at radius 3 is 2.50 bits per heavy atom. The molecule has 73 valence electrons. The molecule has 0 fully saturated rings. The highest BCUT2D eigenvalue weighted by molar-refractivity contribution is 6.31. The van der Waals surface area contributed by atoms with E-state index in [4.69, 9.17) is 11.6 Å². The zero-order valence-electron chi connectivity index (χ0n) is 6.64. The number of aliphatic imine (C=N–C) groups is 1. The predicted octanol–water partition coefficient (Wildman–Crippen LogP) is 3.18. The standard InChI is InChI=1S/C8H3ClF3N2/c9-4-1-2-5-6(3-4)14-7(13-5)8(10,11)12/h1-3H. The van der Waals surface area contributed by atoms with Crippen molar-refractivity contribution in [3.8, 4) is 0 Å². The Labute approximate surface area is 82.4 Å². The number of hydrogen-bond acceptors (Lipinski definition) is 1. The quantitative estimate of drug-likeness (QED) is 0.641. The maximum Gasteiger partial charge on any atom is 0.451 e. The first kappa shape index (κ1) is 9.33. The molecule has 1 aromatic rings. The highest BCUT2D eigenvalue weighted by atomic mass is 35.5. The SMILES string of the molecule is FC(F)(F)C1=Nc2ccc(Cl)cc2[N]1. The van der Waals surface area contributed by atoms with E-state index >= 15 is 0 Å². The fourth-order valence-corrected chi connectivity index (χ4v) is 1.23. The van der Waals surface area contributed by atoms with Crippen molar-refractivity contribution >= 4 is 28.8 Å². The van der Waals surface area contributed by atoms with Gasteiger partial charge in [-0.25, -0.2) is 10.3 Å². The molecule has 0 spiro atoms. The molecule has 2 nitrogen and oxygen atoms in total. The Morgan fingerprint density at radius 1 is 1.14 bits per heavy atom. The number of halogens is 4. The van der Waals surface area contributed by atoms with Gasteiger partial charge in [-0.15, -0.1) is 0 Å². The molecule has 0 aromatic heterocycles. The molecule has 14 heavy (non-hydrogen) atoms. The van der Waals surface area contributed by atoms with Gasteiger partial charge in [0, 0.05) is 5.02 Å². The lowest BCUT2D eigenvalue weighted by atomic mass is 10.3. The summed E-state index contributed by atoms with van der Waals surface area (Å²) < 4.78 is 36.5. The molecule has 0 N–H and O–H groups in total. The molecule has 6 heteroatoms. The van der Waals surface area contributed by atoms with Crippen LogP contribution in [0.15, 0.2) is 23.2 Å². The summed E-state index contributed by atoms with van der Waals surface area (Å²) in [4.78, 5) is 3.33. The fraction of sp³-hybridized carbons (Fsp3) is 0.125. The Bertz CT molecular complexity index is 412. The van der Waals surface area contributed by atoms with Crippen LogP contribution in [0.25, 0.3) is 0 Å². The molecule has 0 atom stereocenters. The largest absolute Gasteiger partial charge is 0.451 e. The summed E-state index contributed by atoms with van der Waals surface area (Å²) >= 11 is 5.59. The van der Waals surface area contributed by atoms with Crippen LogP contribution in [0.4, 0.5) is 24.5 Å². The van der Waals surface area contributed by atoms with Gasteiger partial charge >= 0.3 is 6.18 Å². The Morgan fingerprint density at radius 2 is 1.86 bits per heavy atom. The van der Waals surface area contributed by atoms with Gasteiger partial charge in [0.1, 0.15) is 0 Å². The average Bonchev–Trinajstić information content (AvgIpc) is 2.45. The van der Waals surface area contributed by atoms with Crippen molar-refractivity contribution in [2.75, 3.05) is 0 Å². The van der Waals surface area contributed by atoms with E-state index in [1.54, 1.807) is 0 Å². The first-order chi connectivity index (χ1) is 6.47. The summed E-state index contributed by atoms with van der Waals surface area (Å²) in [5, 5.41) is 3.66. The number of hydrogen-bond donors (Lipinski definition) is 0. The predicted molar refractivity (Wildman–Crippen MR) is 46.4 cm³/mol. The normalized spacial score (nSPS) is 14.7. The first-order valence-electron chi connectivity index (χ1n) is 3.64. The molecule has 1 aliphatic rings. The maximum atomic E-state index is 12.2. The Kier molecular flexibility index (Phi) is 1.92. The van der Waals surface area contributed by atoms with E-state index in [2.05, 4.69) is 10.3 Å². The van der Waals surface area contributed by atoms with Crippen molar-refractivity contribution in [3.63, 3.8) is 0 Å². The number of nitrogens with zero attached hydrogens (tertiary/aromatic N) is 2. The highest BCUT2D eigenvalue weighted by Gasteiger charge is 2.40. The summed E-state index contributed by atoms with van der Waals surface area (Å²) in [6, 6.07) is 4.22. The summed E-state index contributed by atoms with van der Waals surface area (Å²) in [5.41, 5.74) is 0.353. The van der Waals surface area contributed by atoms with Gasteiger partial charge in [0.05, 0.1) is 11.4 Å². The second-order valence-electron chi connectivity index (χ2n) is 2.68. The molecule has 0 aliphatic carbocycles. The van der Waals surface area contributed by atoms with Gasteiger partial charge in [0.2, 0.25) is 5.84 Å². The zero-order chi connectivity index (χ0) is 10.3. The van der Waals surface area contributed by atoms with Crippen LogP contribution in [0, 0.1) is 0 Å². The van der Waals surface area contributed by atoms with Gasteiger partial charge in [-0.3, -0.25) is 0 Å². The minimum atomic E-state index is -4.51. The number of fused-ring (bicyclic) bond motifs is 1. The van der Waals surface area contributed by atoms with Crippen molar-refractivity contribution in [2.24, 2.45) is 4.99 Å². The molecule has 0 saturated carbocycles. The highest BCUT2D eigenvalue weighted by Crippen LogP contribution is 2.36. The molecular weight excluding hydrogens is 217 g/mol. The summed E-state index contributed by atoms with van der Waals surface area (Å²) in [5.74, 6) is -1.13. The lowest BCUT2D eigenvalue weighted by molar-refractivity contribution is -0.0608. The monoisotopic (exact) mass is 219 g/mol. The topological polar surface area (TPSA) is 26.5 Å². The Balaban J connectivity index is 2.37. The molecule has 1 aromatic carbocycles. The molecule has 0 saturated heterocycles. The van der Waals surface area contributed by atoms with Crippen LogP contribution in [-0.4, -0.2) is 12.0 Å². The van der Waals surface area contributed by atoms with Gasteiger partial charge in [0.15, 0.2) is 0 Å². The van der Waals surface area contributed by atoms with Crippen LogP contribution in [0.2, 0.25) is 5.02 Å². The molecule has 1 heterocycles. The van der Waals surface area contributed by atoms with Gasteiger partial charge in [-0.2, -0.15) is 13.2 Å². The average molecular weight is 220 g/mol. The van der Waals surface area contributed by atoms with E-state index < -0.39 is 12.0 Å². The van der Waals surface area contributed by atoms with E-state index in [0.29, 0.717) is 5.02 Å². The molecule has 0 amide bonds. The van der Waals surface area contributed by atoms with Crippen molar-refractivity contribution in [2.45, 2.75) is 6.18 Å². The van der Waals surface area contributed by atoms with Gasteiger partial charge < -0.3 is 0 Å². The maximum absolute atomic E-state index is 12.2. The zero-order valence-corrected chi connectivity index (χ0v) is 7.39.